The summed E-state index contributed by atoms with van der Waals surface area (Å²) in [7, 11) is 0. The number of carbonyl (C=O) groups is 1. The van der Waals surface area contributed by atoms with Crippen molar-refractivity contribution in [2.45, 2.75) is 6.92 Å². The van der Waals surface area contributed by atoms with Crippen LogP contribution in [0.25, 0.3) is 0 Å². The normalized spacial score (nSPS) is 16.3. The van der Waals surface area contributed by atoms with Gasteiger partial charge >= 0.3 is 0 Å². The van der Waals surface area contributed by atoms with E-state index >= 15 is 0 Å². The molecule has 5 nitrogen and oxygen atoms in total. The molecule has 1 N–H and O–H groups in total. The molecule has 1 aromatic rings. The zero-order valence-corrected chi connectivity index (χ0v) is 12.4. The van der Waals surface area contributed by atoms with E-state index in [0.29, 0.717) is 23.5 Å². The Morgan fingerprint density at radius 2 is 2.16 bits per heavy atom. The Morgan fingerprint density at radius 3 is 2.84 bits per heavy atom. The number of anilines is 1. The average molecular weight is 301 g/mol. The van der Waals surface area contributed by atoms with Gasteiger partial charge in [-0.3, -0.25) is 9.69 Å². The molecule has 0 amide bonds. The molecule has 7 heteroatoms. The molecular formula is C12H17ClN4OS. The number of hydrogen-bond acceptors (Lipinski definition) is 6. The smallest absolute Gasteiger partial charge is 0.156 e. The van der Waals surface area contributed by atoms with Crippen LogP contribution >= 0.6 is 23.4 Å². The molecule has 0 aromatic carbocycles. The molecule has 2 heterocycles. The SMILES string of the molecule is Cc1nc(Cl)c(C=O)c(NCCN2CCSCC2)n1. The van der Waals surface area contributed by atoms with Crippen molar-refractivity contribution in [3.05, 3.63) is 16.5 Å². The third kappa shape index (κ3) is 4.06. The summed E-state index contributed by atoms with van der Waals surface area (Å²) in [6.45, 7) is 5.69. The molecule has 0 saturated carbocycles. The lowest BCUT2D eigenvalue weighted by Gasteiger charge is -2.26. The van der Waals surface area contributed by atoms with Crippen LogP contribution in [0, 0.1) is 6.92 Å². The van der Waals surface area contributed by atoms with Crippen molar-refractivity contribution in [3.63, 3.8) is 0 Å². The molecular weight excluding hydrogens is 284 g/mol. The van der Waals surface area contributed by atoms with E-state index in [1.165, 1.54) is 11.5 Å². The van der Waals surface area contributed by atoms with Crippen LogP contribution in [-0.4, -0.2) is 58.8 Å². The Morgan fingerprint density at radius 1 is 1.42 bits per heavy atom. The monoisotopic (exact) mass is 300 g/mol. The fourth-order valence-corrected chi connectivity index (χ4v) is 3.18. The largest absolute Gasteiger partial charge is 0.368 e. The van der Waals surface area contributed by atoms with Crippen LogP contribution in [0.15, 0.2) is 0 Å². The van der Waals surface area contributed by atoms with Gasteiger partial charge in [0.1, 0.15) is 16.8 Å². The summed E-state index contributed by atoms with van der Waals surface area (Å²) in [5, 5.41) is 3.39. The van der Waals surface area contributed by atoms with Gasteiger partial charge in [0, 0.05) is 37.7 Å². The third-order valence-corrected chi connectivity index (χ3v) is 4.18. The van der Waals surface area contributed by atoms with E-state index in [1.807, 2.05) is 11.8 Å². The zero-order valence-electron chi connectivity index (χ0n) is 10.9. The van der Waals surface area contributed by atoms with Crippen LogP contribution in [0.2, 0.25) is 5.15 Å². The maximum Gasteiger partial charge on any atom is 0.156 e. The predicted molar refractivity (Wildman–Crippen MR) is 79.4 cm³/mol. The Hall–Kier alpha value is -0.850. The van der Waals surface area contributed by atoms with Gasteiger partial charge in [0.15, 0.2) is 6.29 Å². The maximum absolute atomic E-state index is 11.0. The van der Waals surface area contributed by atoms with Crippen molar-refractivity contribution in [2.24, 2.45) is 0 Å². The Kier molecular flexibility index (Phi) is 5.42. The molecule has 1 aliphatic rings. The van der Waals surface area contributed by atoms with E-state index in [9.17, 15) is 4.79 Å². The molecule has 0 radical (unpaired) electrons. The second-order valence-corrected chi connectivity index (χ2v) is 5.91. The van der Waals surface area contributed by atoms with Crippen molar-refractivity contribution in [1.29, 1.82) is 0 Å². The molecule has 1 aromatic heterocycles. The first-order valence-corrected chi connectivity index (χ1v) is 7.77. The fourth-order valence-electron chi connectivity index (χ4n) is 1.94. The topological polar surface area (TPSA) is 58.1 Å². The molecule has 19 heavy (non-hydrogen) atoms. The minimum atomic E-state index is 0.208. The summed E-state index contributed by atoms with van der Waals surface area (Å²) in [6, 6.07) is 0. The second-order valence-electron chi connectivity index (χ2n) is 4.32. The molecule has 0 bridgehead atoms. The van der Waals surface area contributed by atoms with Crippen LogP contribution < -0.4 is 5.32 Å². The highest BCUT2D eigenvalue weighted by Crippen LogP contribution is 2.18. The fraction of sp³-hybridized carbons (Fsp3) is 0.583. The number of hydrogen-bond donors (Lipinski definition) is 1. The van der Waals surface area contributed by atoms with E-state index in [2.05, 4.69) is 20.2 Å². The van der Waals surface area contributed by atoms with Crippen LogP contribution in [0.4, 0.5) is 5.82 Å². The molecule has 0 spiro atoms. The van der Waals surface area contributed by atoms with Crippen molar-refractivity contribution in [2.75, 3.05) is 43.0 Å². The van der Waals surface area contributed by atoms with Gasteiger partial charge in [-0.1, -0.05) is 11.6 Å². The minimum absolute atomic E-state index is 0.208. The standard InChI is InChI=1S/C12H17ClN4OS/c1-9-15-11(13)10(8-18)12(16-9)14-2-3-17-4-6-19-7-5-17/h8H,2-7H2,1H3,(H,14,15,16). The van der Waals surface area contributed by atoms with Gasteiger partial charge in [0.25, 0.3) is 0 Å². The molecule has 2 rings (SSSR count). The molecule has 104 valence electrons. The van der Waals surface area contributed by atoms with Crippen LogP contribution in [-0.2, 0) is 0 Å². The number of rotatable bonds is 5. The van der Waals surface area contributed by atoms with Gasteiger partial charge in [0.05, 0.1) is 5.56 Å². The van der Waals surface area contributed by atoms with Crippen LogP contribution in [0.3, 0.4) is 0 Å². The second kappa shape index (κ2) is 7.07. The molecule has 0 unspecified atom stereocenters. The average Bonchev–Trinajstić information content (AvgIpc) is 2.39. The first-order valence-electron chi connectivity index (χ1n) is 6.24. The van der Waals surface area contributed by atoms with Crippen molar-refractivity contribution >= 4 is 35.5 Å². The van der Waals surface area contributed by atoms with E-state index in [4.69, 9.17) is 11.6 Å². The van der Waals surface area contributed by atoms with Gasteiger partial charge in [-0.25, -0.2) is 9.97 Å². The number of carbonyl (C=O) groups excluding carboxylic acids is 1. The van der Waals surface area contributed by atoms with Gasteiger partial charge in [-0.15, -0.1) is 0 Å². The lowest BCUT2D eigenvalue weighted by Crippen LogP contribution is -2.36. The van der Waals surface area contributed by atoms with Crippen molar-refractivity contribution in [1.82, 2.24) is 14.9 Å². The highest BCUT2D eigenvalue weighted by atomic mass is 35.5. The number of aldehydes is 1. The summed E-state index contributed by atoms with van der Waals surface area (Å²) in [6.07, 6.45) is 0.696. The first kappa shape index (κ1) is 14.6. The summed E-state index contributed by atoms with van der Waals surface area (Å²) in [5.41, 5.74) is 0.335. The van der Waals surface area contributed by atoms with E-state index in [1.54, 1.807) is 6.92 Å². The quantitative estimate of drug-likeness (QED) is 0.660. The summed E-state index contributed by atoms with van der Waals surface area (Å²) < 4.78 is 0. The van der Waals surface area contributed by atoms with Crippen LogP contribution in [0.5, 0.6) is 0 Å². The van der Waals surface area contributed by atoms with E-state index in [-0.39, 0.29) is 5.15 Å². The summed E-state index contributed by atoms with van der Waals surface area (Å²) in [5.74, 6) is 3.47. The lowest BCUT2D eigenvalue weighted by atomic mass is 10.3. The van der Waals surface area contributed by atoms with Crippen molar-refractivity contribution in [3.8, 4) is 0 Å². The third-order valence-electron chi connectivity index (χ3n) is 2.95. The Balaban J connectivity index is 1.93. The minimum Gasteiger partial charge on any atom is -0.368 e. The van der Waals surface area contributed by atoms with E-state index < -0.39 is 0 Å². The maximum atomic E-state index is 11.0. The molecule has 0 atom stereocenters. The van der Waals surface area contributed by atoms with Gasteiger partial charge in [-0.2, -0.15) is 11.8 Å². The number of aromatic nitrogens is 2. The van der Waals surface area contributed by atoms with Gasteiger partial charge < -0.3 is 5.32 Å². The Labute approximate surface area is 122 Å². The summed E-state index contributed by atoms with van der Waals surface area (Å²) in [4.78, 5) is 21.6. The summed E-state index contributed by atoms with van der Waals surface area (Å²) >= 11 is 7.92. The molecule has 1 saturated heterocycles. The molecule has 1 fully saturated rings. The lowest BCUT2D eigenvalue weighted by molar-refractivity contribution is 0.112. The number of nitrogens with zero attached hydrogens (tertiary/aromatic N) is 3. The molecule has 1 aliphatic heterocycles. The number of thioether (sulfide) groups is 1. The van der Waals surface area contributed by atoms with Crippen molar-refractivity contribution < 1.29 is 4.79 Å². The number of nitrogens with one attached hydrogen (secondary N) is 1. The zero-order chi connectivity index (χ0) is 13.7. The first-order chi connectivity index (χ1) is 9.20. The highest BCUT2D eigenvalue weighted by molar-refractivity contribution is 7.99. The van der Waals surface area contributed by atoms with E-state index in [0.717, 1.165) is 26.2 Å². The number of aryl methyl sites for hydroxylation is 1. The highest BCUT2D eigenvalue weighted by Gasteiger charge is 2.12. The van der Waals surface area contributed by atoms with Crippen LogP contribution in [0.1, 0.15) is 16.2 Å². The van der Waals surface area contributed by atoms with Gasteiger partial charge in [0.2, 0.25) is 0 Å². The predicted octanol–water partition coefficient (Wildman–Crippen LogP) is 1.71. The molecule has 0 aliphatic carbocycles. The Bertz CT molecular complexity index is 452. The number of halogens is 1. The van der Waals surface area contributed by atoms with Gasteiger partial charge in [-0.05, 0) is 6.92 Å².